The van der Waals surface area contributed by atoms with Crippen molar-refractivity contribution in [3.8, 4) is 0 Å². The van der Waals surface area contributed by atoms with Gasteiger partial charge in [-0.05, 0) is 73.9 Å². The highest BCUT2D eigenvalue weighted by molar-refractivity contribution is 5.78. The standard InChI is InChI=1S/C41H62N2/c1-4-7-10-13-14-15-16-17-18-19-22-29-39-34-40(37-30-23-27-35(32-37)25-20-11-8-5-2)43(42)41(39)38-31-24-28-36(33-38)26-21-12-9-6-3/h23-24,27-28,30-34H,4-22,25-26,29H2,1-3H3. The number of nitrogens with zero attached hydrogens (tertiary/aromatic N) is 2. The molecular formula is C41H62N2. The Bertz CT molecular complexity index is 1140. The summed E-state index contributed by atoms with van der Waals surface area (Å²) < 4.78 is 1.50. The molecule has 236 valence electrons. The molecule has 43 heavy (non-hydrogen) atoms. The van der Waals surface area contributed by atoms with E-state index < -0.39 is 0 Å². The first-order valence-electron chi connectivity index (χ1n) is 18.3. The van der Waals surface area contributed by atoms with Gasteiger partial charge in [-0.15, -0.1) is 0 Å². The molecule has 0 bridgehead atoms. The first-order valence-corrected chi connectivity index (χ1v) is 18.3. The average Bonchev–Trinajstić information content (AvgIpc) is 3.36. The van der Waals surface area contributed by atoms with Crippen LogP contribution in [0.3, 0.4) is 0 Å². The molecule has 3 rings (SSSR count). The molecule has 1 heterocycles. The van der Waals surface area contributed by atoms with Gasteiger partial charge in [-0.1, -0.05) is 148 Å². The summed E-state index contributed by atoms with van der Waals surface area (Å²) in [6.07, 6.45) is 30.6. The molecule has 2 aromatic carbocycles. The fraction of sp³-hybridized carbons (Fsp3) is 0.610. The van der Waals surface area contributed by atoms with Crippen LogP contribution in [-0.4, -0.2) is 4.70 Å². The van der Waals surface area contributed by atoms with E-state index in [1.807, 2.05) is 0 Å². The zero-order valence-corrected chi connectivity index (χ0v) is 28.1. The first-order chi connectivity index (χ1) is 21.2. The summed E-state index contributed by atoms with van der Waals surface area (Å²) in [7, 11) is 0. The third-order valence-electron chi connectivity index (χ3n) is 9.17. The van der Waals surface area contributed by atoms with Crippen molar-refractivity contribution >= 4 is 11.4 Å². The second-order valence-corrected chi connectivity index (χ2v) is 13.0. The predicted octanol–water partition coefficient (Wildman–Crippen LogP) is 13.4. The fourth-order valence-corrected chi connectivity index (χ4v) is 6.51. The molecule has 1 aliphatic rings. The molecule has 0 fully saturated rings. The molecule has 2 heteroatoms. The van der Waals surface area contributed by atoms with Crippen molar-refractivity contribution in [3.63, 3.8) is 0 Å². The molecular weight excluding hydrogens is 520 g/mol. The van der Waals surface area contributed by atoms with E-state index in [0.717, 1.165) is 41.8 Å². The van der Waals surface area contributed by atoms with Crippen LogP contribution >= 0.6 is 0 Å². The Kier molecular flexibility index (Phi) is 17.3. The summed E-state index contributed by atoms with van der Waals surface area (Å²) >= 11 is 0. The van der Waals surface area contributed by atoms with Crippen LogP contribution in [0.25, 0.3) is 16.9 Å². The molecule has 0 saturated carbocycles. The lowest BCUT2D eigenvalue weighted by Gasteiger charge is -2.12. The second-order valence-electron chi connectivity index (χ2n) is 13.0. The Labute approximate surface area is 265 Å². The van der Waals surface area contributed by atoms with Crippen molar-refractivity contribution in [1.82, 2.24) is 0 Å². The second kappa shape index (κ2) is 21.3. The molecule has 0 aliphatic carbocycles. The number of aryl methyl sites for hydroxylation is 2. The number of rotatable bonds is 24. The SMILES string of the molecule is CCCCCCCCCCCCCC1=C(c2cccc(CCCCCC)c2)[N+](=[N-])C(c2cccc(CCCCCC)c2)=C1. The number of hydrogen-bond acceptors (Lipinski definition) is 0. The van der Waals surface area contributed by atoms with E-state index in [0.29, 0.717) is 0 Å². The van der Waals surface area contributed by atoms with Crippen LogP contribution in [0.4, 0.5) is 0 Å². The summed E-state index contributed by atoms with van der Waals surface area (Å²) in [5, 5.41) is 0. The van der Waals surface area contributed by atoms with E-state index >= 15 is 0 Å². The van der Waals surface area contributed by atoms with Crippen molar-refractivity contribution < 1.29 is 4.70 Å². The van der Waals surface area contributed by atoms with Gasteiger partial charge in [0, 0.05) is 22.8 Å². The summed E-state index contributed by atoms with van der Waals surface area (Å²) in [5.74, 6) is 0. The van der Waals surface area contributed by atoms with Crippen molar-refractivity contribution in [2.24, 2.45) is 0 Å². The molecule has 0 unspecified atom stereocenters. The van der Waals surface area contributed by atoms with E-state index in [1.165, 1.54) is 143 Å². The minimum absolute atomic E-state index is 0.928. The number of allylic oxidation sites excluding steroid dienone is 2. The highest BCUT2D eigenvalue weighted by Gasteiger charge is 2.29. The number of benzene rings is 2. The Morgan fingerprint density at radius 3 is 1.44 bits per heavy atom. The summed E-state index contributed by atoms with van der Waals surface area (Å²) in [6, 6.07) is 17.8. The Balaban J connectivity index is 1.67. The Hall–Kier alpha value is -2.48. The smallest absolute Gasteiger partial charge is 0.210 e. The van der Waals surface area contributed by atoms with Crippen molar-refractivity contribution in [2.45, 2.75) is 162 Å². The minimum Gasteiger partial charge on any atom is -0.493 e. The quantitative estimate of drug-likeness (QED) is 0.0869. The third-order valence-corrected chi connectivity index (χ3v) is 9.17. The fourth-order valence-electron chi connectivity index (χ4n) is 6.51. The molecule has 0 aromatic heterocycles. The molecule has 0 amide bonds. The van der Waals surface area contributed by atoms with E-state index in [-0.39, 0.29) is 0 Å². The lowest BCUT2D eigenvalue weighted by Crippen LogP contribution is -2.03. The maximum Gasteiger partial charge on any atom is 0.210 e. The van der Waals surface area contributed by atoms with Crippen LogP contribution in [0.15, 0.2) is 60.2 Å². The van der Waals surface area contributed by atoms with Crippen LogP contribution in [0.1, 0.15) is 171 Å². The lowest BCUT2D eigenvalue weighted by atomic mass is 9.98. The average molecular weight is 583 g/mol. The lowest BCUT2D eigenvalue weighted by molar-refractivity contribution is -0.344. The van der Waals surface area contributed by atoms with Gasteiger partial charge >= 0.3 is 0 Å². The van der Waals surface area contributed by atoms with Crippen LogP contribution < -0.4 is 0 Å². The number of hydrogen-bond donors (Lipinski definition) is 0. The van der Waals surface area contributed by atoms with Gasteiger partial charge in [0.15, 0.2) is 0 Å². The molecule has 0 atom stereocenters. The highest BCUT2D eigenvalue weighted by Crippen LogP contribution is 2.38. The van der Waals surface area contributed by atoms with Crippen molar-refractivity contribution in [3.05, 3.63) is 88.0 Å². The normalized spacial score (nSPS) is 13.3. The maximum absolute atomic E-state index is 11.7. The van der Waals surface area contributed by atoms with Crippen LogP contribution in [0, 0.1) is 0 Å². The molecule has 1 aliphatic heterocycles. The van der Waals surface area contributed by atoms with E-state index in [9.17, 15) is 5.53 Å². The van der Waals surface area contributed by atoms with Crippen LogP contribution in [0.2, 0.25) is 0 Å². The summed E-state index contributed by atoms with van der Waals surface area (Å²) in [4.78, 5) is 0. The van der Waals surface area contributed by atoms with Gasteiger partial charge in [0.05, 0.1) is 0 Å². The molecule has 0 spiro atoms. The van der Waals surface area contributed by atoms with Gasteiger partial charge in [-0.3, -0.25) is 0 Å². The van der Waals surface area contributed by atoms with Gasteiger partial charge in [-0.25, -0.2) is 4.70 Å². The molecule has 0 radical (unpaired) electrons. The number of unbranched alkanes of at least 4 members (excludes halogenated alkanes) is 16. The zero-order chi connectivity index (χ0) is 30.5. The van der Waals surface area contributed by atoms with Crippen molar-refractivity contribution in [1.29, 1.82) is 0 Å². The van der Waals surface area contributed by atoms with Gasteiger partial charge < -0.3 is 5.53 Å². The molecule has 2 aromatic rings. The first kappa shape index (κ1) is 35.0. The highest BCUT2D eigenvalue weighted by atomic mass is 15.2. The van der Waals surface area contributed by atoms with Gasteiger partial charge in [0.1, 0.15) is 0 Å². The largest absolute Gasteiger partial charge is 0.493 e. The summed E-state index contributed by atoms with van der Waals surface area (Å²) in [6.45, 7) is 6.83. The molecule has 0 saturated heterocycles. The Morgan fingerprint density at radius 1 is 0.488 bits per heavy atom. The van der Waals surface area contributed by atoms with Gasteiger partial charge in [-0.2, -0.15) is 0 Å². The zero-order valence-electron chi connectivity index (χ0n) is 28.1. The minimum atomic E-state index is 0.928. The maximum atomic E-state index is 11.7. The van der Waals surface area contributed by atoms with Gasteiger partial charge in [0.25, 0.3) is 0 Å². The van der Waals surface area contributed by atoms with Crippen LogP contribution in [-0.2, 0) is 12.8 Å². The van der Waals surface area contributed by atoms with Gasteiger partial charge in [0.2, 0.25) is 11.4 Å². The Morgan fingerprint density at radius 2 is 0.907 bits per heavy atom. The predicted molar refractivity (Wildman–Crippen MR) is 188 cm³/mol. The monoisotopic (exact) mass is 582 g/mol. The third kappa shape index (κ3) is 12.6. The van der Waals surface area contributed by atoms with E-state index in [4.69, 9.17) is 0 Å². The molecule has 2 nitrogen and oxygen atoms in total. The topological polar surface area (TPSA) is 25.3 Å². The molecule has 0 N–H and O–H groups in total. The summed E-state index contributed by atoms with van der Waals surface area (Å²) in [5.41, 5.74) is 19.9. The van der Waals surface area contributed by atoms with Crippen molar-refractivity contribution in [2.75, 3.05) is 0 Å². The van der Waals surface area contributed by atoms with E-state index in [1.54, 1.807) is 0 Å². The van der Waals surface area contributed by atoms with E-state index in [2.05, 4.69) is 75.4 Å². The van der Waals surface area contributed by atoms with Crippen LogP contribution in [0.5, 0.6) is 0 Å².